The number of rotatable bonds is 4. The van der Waals surface area contributed by atoms with Gasteiger partial charge < -0.3 is 0 Å². The lowest BCUT2D eigenvalue weighted by Gasteiger charge is -2.13. The van der Waals surface area contributed by atoms with E-state index in [9.17, 15) is 4.39 Å². The molecule has 3 heteroatoms. The summed E-state index contributed by atoms with van der Waals surface area (Å²) in [5, 5.41) is 0. The summed E-state index contributed by atoms with van der Waals surface area (Å²) in [6.07, 6.45) is 2.22. The summed E-state index contributed by atoms with van der Waals surface area (Å²) in [6, 6.07) is 13.7. The van der Waals surface area contributed by atoms with E-state index in [1.54, 1.807) is 12.1 Å². The van der Waals surface area contributed by atoms with Crippen molar-refractivity contribution in [2.24, 2.45) is 0 Å². The van der Waals surface area contributed by atoms with Gasteiger partial charge in [-0.1, -0.05) is 65.7 Å². The molecule has 0 saturated carbocycles. The van der Waals surface area contributed by atoms with Crippen molar-refractivity contribution in [3.05, 3.63) is 69.4 Å². The molecule has 0 heterocycles. The number of benzene rings is 2. The summed E-state index contributed by atoms with van der Waals surface area (Å²) in [7, 11) is 0. The van der Waals surface area contributed by atoms with Gasteiger partial charge in [-0.25, -0.2) is 4.39 Å². The van der Waals surface area contributed by atoms with E-state index in [4.69, 9.17) is 0 Å². The third-order valence-electron chi connectivity index (χ3n) is 3.07. The van der Waals surface area contributed by atoms with Crippen molar-refractivity contribution in [1.82, 2.24) is 0 Å². The Hall–Kier alpha value is -0.670. The summed E-state index contributed by atoms with van der Waals surface area (Å²) in [6.45, 7) is 2.16. The SMILES string of the molecule is CCCc1ccc(C(Br)c2cccc(Br)c2F)cc1. The quantitative estimate of drug-likeness (QED) is 0.564. The smallest absolute Gasteiger partial charge is 0.142 e. The van der Waals surface area contributed by atoms with E-state index >= 15 is 0 Å². The Balaban J connectivity index is 2.28. The van der Waals surface area contributed by atoms with E-state index in [2.05, 4.69) is 63.0 Å². The molecule has 0 N–H and O–H groups in total. The van der Waals surface area contributed by atoms with E-state index in [0.29, 0.717) is 10.0 Å². The van der Waals surface area contributed by atoms with E-state index in [-0.39, 0.29) is 10.6 Å². The predicted molar refractivity (Wildman–Crippen MR) is 85.3 cm³/mol. The molecule has 0 aliphatic rings. The van der Waals surface area contributed by atoms with Gasteiger partial charge in [-0.2, -0.15) is 0 Å². The Morgan fingerprint density at radius 1 is 1.11 bits per heavy atom. The summed E-state index contributed by atoms with van der Waals surface area (Å²) in [5.74, 6) is -0.206. The molecule has 0 aromatic heterocycles. The number of halogens is 3. The molecular formula is C16H15Br2F. The van der Waals surface area contributed by atoms with Crippen molar-refractivity contribution in [1.29, 1.82) is 0 Å². The third-order valence-corrected chi connectivity index (χ3v) is 4.70. The van der Waals surface area contributed by atoms with E-state index < -0.39 is 0 Å². The zero-order valence-electron chi connectivity index (χ0n) is 10.7. The van der Waals surface area contributed by atoms with Crippen molar-refractivity contribution in [3.8, 4) is 0 Å². The van der Waals surface area contributed by atoms with Gasteiger partial charge in [0.05, 0.1) is 9.30 Å². The van der Waals surface area contributed by atoms with Gasteiger partial charge >= 0.3 is 0 Å². The van der Waals surface area contributed by atoms with Gasteiger partial charge in [0.15, 0.2) is 0 Å². The molecular weight excluding hydrogens is 371 g/mol. The average molecular weight is 386 g/mol. The van der Waals surface area contributed by atoms with Gasteiger partial charge in [0.25, 0.3) is 0 Å². The van der Waals surface area contributed by atoms with Crippen LogP contribution in [-0.2, 0) is 6.42 Å². The molecule has 0 fully saturated rings. The van der Waals surface area contributed by atoms with Crippen LogP contribution in [0.3, 0.4) is 0 Å². The maximum atomic E-state index is 14.1. The van der Waals surface area contributed by atoms with E-state index in [0.717, 1.165) is 18.4 Å². The van der Waals surface area contributed by atoms with Gasteiger partial charge in [0.2, 0.25) is 0 Å². The Bertz CT molecular complexity index is 549. The van der Waals surface area contributed by atoms with Gasteiger partial charge in [-0.3, -0.25) is 0 Å². The molecule has 0 bridgehead atoms. The fraction of sp³-hybridized carbons (Fsp3) is 0.250. The fourth-order valence-corrected chi connectivity index (χ4v) is 3.08. The molecule has 0 saturated heterocycles. The molecule has 1 unspecified atom stereocenters. The first kappa shape index (κ1) is 14.7. The highest BCUT2D eigenvalue weighted by Gasteiger charge is 2.16. The molecule has 100 valence electrons. The lowest BCUT2D eigenvalue weighted by molar-refractivity contribution is 0.607. The van der Waals surface area contributed by atoms with Gasteiger partial charge in [0, 0.05) is 5.56 Å². The van der Waals surface area contributed by atoms with Crippen LogP contribution in [0.15, 0.2) is 46.9 Å². The maximum Gasteiger partial charge on any atom is 0.142 e. The number of aryl methyl sites for hydroxylation is 1. The fourth-order valence-electron chi connectivity index (χ4n) is 2.04. The lowest BCUT2D eigenvalue weighted by Crippen LogP contribution is -1.97. The van der Waals surface area contributed by atoms with Crippen LogP contribution in [-0.4, -0.2) is 0 Å². The van der Waals surface area contributed by atoms with Crippen LogP contribution < -0.4 is 0 Å². The normalized spacial score (nSPS) is 12.4. The molecule has 2 rings (SSSR count). The lowest BCUT2D eigenvalue weighted by atomic mass is 10.0. The van der Waals surface area contributed by atoms with Crippen molar-refractivity contribution < 1.29 is 4.39 Å². The number of alkyl halides is 1. The summed E-state index contributed by atoms with van der Waals surface area (Å²) < 4.78 is 14.6. The Morgan fingerprint density at radius 3 is 2.42 bits per heavy atom. The van der Waals surface area contributed by atoms with Crippen LogP contribution in [0.4, 0.5) is 4.39 Å². The van der Waals surface area contributed by atoms with Crippen molar-refractivity contribution in [2.75, 3.05) is 0 Å². The highest BCUT2D eigenvalue weighted by molar-refractivity contribution is 9.10. The first-order valence-electron chi connectivity index (χ1n) is 6.30. The van der Waals surface area contributed by atoms with Gasteiger partial charge in [-0.15, -0.1) is 0 Å². The molecule has 0 radical (unpaired) electrons. The van der Waals surface area contributed by atoms with Crippen LogP contribution in [0, 0.1) is 5.82 Å². The first-order chi connectivity index (χ1) is 9.13. The summed E-state index contributed by atoms with van der Waals surface area (Å²) >= 11 is 6.81. The van der Waals surface area contributed by atoms with Crippen molar-refractivity contribution in [3.63, 3.8) is 0 Å². The monoisotopic (exact) mass is 384 g/mol. The van der Waals surface area contributed by atoms with Crippen LogP contribution in [0.5, 0.6) is 0 Å². The molecule has 2 aromatic rings. The highest BCUT2D eigenvalue weighted by Crippen LogP contribution is 2.34. The second-order valence-electron chi connectivity index (χ2n) is 4.50. The topological polar surface area (TPSA) is 0 Å². The standard InChI is InChI=1S/C16H15Br2F/c1-2-4-11-7-9-12(10-8-11)15(18)13-5-3-6-14(17)16(13)19/h3,5-10,15H,2,4H2,1H3. The minimum atomic E-state index is -0.206. The van der Waals surface area contributed by atoms with Crippen LogP contribution in [0.2, 0.25) is 0 Å². The second kappa shape index (κ2) is 6.67. The number of hydrogen-bond donors (Lipinski definition) is 0. The van der Waals surface area contributed by atoms with Crippen molar-refractivity contribution >= 4 is 31.9 Å². The van der Waals surface area contributed by atoms with Crippen LogP contribution >= 0.6 is 31.9 Å². The minimum Gasteiger partial charge on any atom is -0.205 e. The predicted octanol–water partition coefficient (Wildman–Crippen LogP) is 6.03. The molecule has 1 atom stereocenters. The zero-order chi connectivity index (χ0) is 13.8. The molecule has 0 amide bonds. The van der Waals surface area contributed by atoms with E-state index in [1.165, 1.54) is 5.56 Å². The van der Waals surface area contributed by atoms with Gasteiger partial charge in [-0.05, 0) is 39.5 Å². The van der Waals surface area contributed by atoms with Crippen LogP contribution in [0.25, 0.3) is 0 Å². The molecule has 0 nitrogen and oxygen atoms in total. The van der Waals surface area contributed by atoms with Crippen LogP contribution in [0.1, 0.15) is 34.9 Å². The van der Waals surface area contributed by atoms with E-state index in [1.807, 2.05) is 6.07 Å². The molecule has 0 aliphatic carbocycles. The van der Waals surface area contributed by atoms with Crippen molar-refractivity contribution in [2.45, 2.75) is 24.6 Å². The maximum absolute atomic E-state index is 14.1. The Kier molecular flexibility index (Phi) is 5.17. The minimum absolute atomic E-state index is 0.124. The Morgan fingerprint density at radius 2 is 1.79 bits per heavy atom. The molecule has 19 heavy (non-hydrogen) atoms. The van der Waals surface area contributed by atoms with Gasteiger partial charge in [0.1, 0.15) is 5.82 Å². The second-order valence-corrected chi connectivity index (χ2v) is 6.27. The Labute approximate surface area is 130 Å². The molecule has 2 aromatic carbocycles. The first-order valence-corrected chi connectivity index (χ1v) is 8.01. The third kappa shape index (κ3) is 3.46. The molecule has 0 aliphatic heterocycles. The average Bonchev–Trinajstić information content (AvgIpc) is 2.42. The highest BCUT2D eigenvalue weighted by atomic mass is 79.9. The molecule has 0 spiro atoms. The largest absolute Gasteiger partial charge is 0.205 e. The summed E-state index contributed by atoms with van der Waals surface area (Å²) in [5.41, 5.74) is 3.04. The summed E-state index contributed by atoms with van der Waals surface area (Å²) in [4.78, 5) is -0.124. The zero-order valence-corrected chi connectivity index (χ0v) is 13.8. The number of hydrogen-bond acceptors (Lipinski definition) is 0.